The largest absolute Gasteiger partial charge is 0.479 e. The lowest BCUT2D eigenvalue weighted by atomic mass is 10.1. The Labute approximate surface area is 183 Å². The number of ether oxygens (including phenoxy) is 3. The molecule has 10 heteroatoms. The van der Waals surface area contributed by atoms with Gasteiger partial charge in [0, 0.05) is 35.8 Å². The molecule has 1 aromatic heterocycles. The molecule has 0 saturated carbocycles. The summed E-state index contributed by atoms with van der Waals surface area (Å²) < 4.78 is 30.4. The van der Waals surface area contributed by atoms with Crippen LogP contribution in [0.4, 0.5) is 10.1 Å². The molecule has 32 heavy (non-hydrogen) atoms. The van der Waals surface area contributed by atoms with Crippen molar-refractivity contribution in [3.63, 3.8) is 0 Å². The average Bonchev–Trinajstić information content (AvgIpc) is 3.30. The smallest absolute Gasteiger partial charge is 0.325 e. The molecule has 0 N–H and O–H groups in total. The fourth-order valence-corrected chi connectivity index (χ4v) is 3.76. The van der Waals surface area contributed by atoms with Crippen LogP contribution in [0, 0.1) is 5.82 Å². The number of fused-ring (bicyclic) bond motifs is 1. The number of aromatic nitrogens is 1. The number of benzene rings is 1. The molecule has 1 fully saturated rings. The highest BCUT2D eigenvalue weighted by Crippen LogP contribution is 2.32. The predicted octanol–water partition coefficient (Wildman–Crippen LogP) is 1.93. The number of rotatable bonds is 7. The fourth-order valence-electron chi connectivity index (χ4n) is 3.76. The van der Waals surface area contributed by atoms with Crippen molar-refractivity contribution in [2.75, 3.05) is 31.7 Å². The van der Waals surface area contributed by atoms with Crippen LogP contribution < -0.4 is 14.4 Å². The van der Waals surface area contributed by atoms with Crippen molar-refractivity contribution in [1.29, 1.82) is 0 Å². The molecule has 4 rings (SSSR count). The van der Waals surface area contributed by atoms with Gasteiger partial charge in [-0.1, -0.05) is 0 Å². The molecular formula is C22H22FN3O6. The Bertz CT molecular complexity index is 1060. The van der Waals surface area contributed by atoms with Crippen LogP contribution in [-0.4, -0.2) is 60.6 Å². The number of pyridine rings is 1. The Balaban J connectivity index is 1.48. The van der Waals surface area contributed by atoms with E-state index in [0.717, 1.165) is 0 Å². The molecular weight excluding hydrogens is 421 g/mol. The topological polar surface area (TPSA) is 98.3 Å². The van der Waals surface area contributed by atoms with Gasteiger partial charge in [0.1, 0.15) is 18.1 Å². The maximum absolute atomic E-state index is 14.8. The van der Waals surface area contributed by atoms with Crippen LogP contribution in [0.2, 0.25) is 0 Å². The second-order valence-corrected chi connectivity index (χ2v) is 7.34. The van der Waals surface area contributed by atoms with Gasteiger partial charge in [0.2, 0.25) is 5.88 Å². The van der Waals surface area contributed by atoms with Crippen LogP contribution in [0.1, 0.15) is 29.3 Å². The number of amides is 2. The van der Waals surface area contributed by atoms with E-state index in [4.69, 9.17) is 9.47 Å². The van der Waals surface area contributed by atoms with Gasteiger partial charge in [-0.2, -0.15) is 0 Å². The normalized spacial score (nSPS) is 17.5. The highest BCUT2D eigenvalue weighted by atomic mass is 19.1. The molecule has 2 aromatic rings. The summed E-state index contributed by atoms with van der Waals surface area (Å²) in [6.07, 6.45) is 1.12. The van der Waals surface area contributed by atoms with Crippen molar-refractivity contribution in [2.45, 2.75) is 26.0 Å². The minimum atomic E-state index is -0.752. The lowest BCUT2D eigenvalue weighted by molar-refractivity contribution is -0.141. The first-order chi connectivity index (χ1) is 15.4. The summed E-state index contributed by atoms with van der Waals surface area (Å²) in [5.41, 5.74) is 0.606. The standard InChI is InChI=1S/C22H22FN3O6/c1-3-31-19-5-4-14(10-24-19)32-18-6-7-26(22(18)29)13-8-15-16(17(23)9-13)11-25(21(15)28)12-20(27)30-2/h4-5,8-10,18H,3,6-7,11-12H2,1-2H3/t18-/m1/s1. The van der Waals surface area contributed by atoms with Crippen molar-refractivity contribution < 1.29 is 33.0 Å². The third-order valence-corrected chi connectivity index (χ3v) is 5.34. The summed E-state index contributed by atoms with van der Waals surface area (Å²) in [6.45, 7) is 2.35. The third-order valence-electron chi connectivity index (χ3n) is 5.34. The lowest BCUT2D eigenvalue weighted by Gasteiger charge is -2.18. The zero-order chi connectivity index (χ0) is 22.8. The molecule has 3 heterocycles. The second kappa shape index (κ2) is 8.81. The zero-order valence-electron chi connectivity index (χ0n) is 17.7. The molecule has 168 valence electrons. The Morgan fingerprint density at radius 2 is 2.09 bits per heavy atom. The summed E-state index contributed by atoms with van der Waals surface area (Å²) in [5, 5.41) is 0. The Kier molecular flexibility index (Phi) is 5.93. The van der Waals surface area contributed by atoms with E-state index in [9.17, 15) is 18.8 Å². The number of nitrogens with zero attached hydrogens (tertiary/aromatic N) is 3. The van der Waals surface area contributed by atoms with E-state index in [-0.39, 0.29) is 35.8 Å². The van der Waals surface area contributed by atoms with Gasteiger partial charge in [-0.3, -0.25) is 14.4 Å². The van der Waals surface area contributed by atoms with Gasteiger partial charge in [-0.05, 0) is 25.1 Å². The Morgan fingerprint density at radius 1 is 1.28 bits per heavy atom. The van der Waals surface area contributed by atoms with Gasteiger partial charge >= 0.3 is 5.97 Å². The molecule has 0 radical (unpaired) electrons. The van der Waals surface area contributed by atoms with Crippen LogP contribution in [0.3, 0.4) is 0 Å². The molecule has 0 aliphatic carbocycles. The monoisotopic (exact) mass is 443 g/mol. The van der Waals surface area contributed by atoms with Gasteiger partial charge in [0.15, 0.2) is 6.10 Å². The van der Waals surface area contributed by atoms with Gasteiger partial charge < -0.3 is 24.0 Å². The Morgan fingerprint density at radius 3 is 2.78 bits per heavy atom. The first-order valence-corrected chi connectivity index (χ1v) is 10.2. The predicted molar refractivity (Wildman–Crippen MR) is 110 cm³/mol. The van der Waals surface area contributed by atoms with Gasteiger partial charge in [-0.25, -0.2) is 9.37 Å². The van der Waals surface area contributed by atoms with Crippen LogP contribution >= 0.6 is 0 Å². The van der Waals surface area contributed by atoms with Crippen LogP contribution in [0.15, 0.2) is 30.5 Å². The third kappa shape index (κ3) is 4.08. The number of halogens is 1. The molecule has 0 unspecified atom stereocenters. The minimum absolute atomic E-state index is 0.0280. The van der Waals surface area contributed by atoms with E-state index in [1.807, 2.05) is 6.92 Å². The molecule has 2 aliphatic heterocycles. The number of hydrogen-bond acceptors (Lipinski definition) is 7. The molecule has 2 amide bonds. The van der Waals surface area contributed by atoms with Crippen molar-refractivity contribution in [3.8, 4) is 11.6 Å². The SMILES string of the molecule is CCOc1ccc(O[C@@H]2CCN(c3cc(F)c4c(c3)C(=O)N(CC(=O)OC)C4)C2=O)cn1. The van der Waals surface area contributed by atoms with Gasteiger partial charge in [0.25, 0.3) is 11.8 Å². The highest BCUT2D eigenvalue weighted by Gasteiger charge is 2.37. The highest BCUT2D eigenvalue weighted by molar-refractivity contribution is 6.03. The number of hydrogen-bond donors (Lipinski definition) is 0. The second-order valence-electron chi connectivity index (χ2n) is 7.34. The molecule has 9 nitrogen and oxygen atoms in total. The average molecular weight is 443 g/mol. The van der Waals surface area contributed by atoms with E-state index in [0.29, 0.717) is 31.2 Å². The summed E-state index contributed by atoms with van der Waals surface area (Å²) in [5.74, 6) is -1.14. The molecule has 0 spiro atoms. The molecule has 1 saturated heterocycles. The Hall–Kier alpha value is -3.69. The van der Waals surface area contributed by atoms with Crippen LogP contribution in [-0.2, 0) is 20.9 Å². The molecule has 1 aromatic carbocycles. The number of methoxy groups -OCH3 is 1. The van der Waals surface area contributed by atoms with Crippen molar-refractivity contribution >= 4 is 23.5 Å². The summed E-state index contributed by atoms with van der Waals surface area (Å²) >= 11 is 0. The molecule has 1 atom stereocenters. The summed E-state index contributed by atoms with van der Waals surface area (Å²) in [7, 11) is 1.22. The summed E-state index contributed by atoms with van der Waals surface area (Å²) in [6, 6.07) is 6.03. The van der Waals surface area contributed by atoms with E-state index in [1.165, 1.54) is 35.2 Å². The number of esters is 1. The molecule has 0 bridgehead atoms. The maximum atomic E-state index is 14.8. The van der Waals surface area contributed by atoms with E-state index in [2.05, 4.69) is 9.72 Å². The quantitative estimate of drug-likeness (QED) is 0.603. The van der Waals surface area contributed by atoms with Gasteiger partial charge in [0.05, 0.1) is 26.5 Å². The number of carbonyl (C=O) groups is 3. The minimum Gasteiger partial charge on any atom is -0.479 e. The van der Waals surface area contributed by atoms with E-state index >= 15 is 0 Å². The molecule has 2 aliphatic rings. The maximum Gasteiger partial charge on any atom is 0.325 e. The van der Waals surface area contributed by atoms with E-state index in [1.54, 1.807) is 12.1 Å². The first-order valence-electron chi connectivity index (χ1n) is 10.2. The number of anilines is 1. The fraction of sp³-hybridized carbons (Fsp3) is 0.364. The van der Waals surface area contributed by atoms with E-state index < -0.39 is 23.8 Å². The summed E-state index contributed by atoms with van der Waals surface area (Å²) in [4.78, 5) is 43.8. The van der Waals surface area contributed by atoms with Crippen molar-refractivity contribution in [2.24, 2.45) is 0 Å². The first kappa shape index (κ1) is 21.5. The van der Waals surface area contributed by atoms with Crippen molar-refractivity contribution in [3.05, 3.63) is 47.4 Å². The van der Waals surface area contributed by atoms with Crippen molar-refractivity contribution in [1.82, 2.24) is 9.88 Å². The van der Waals surface area contributed by atoms with Crippen LogP contribution in [0.5, 0.6) is 11.6 Å². The zero-order valence-corrected chi connectivity index (χ0v) is 17.7. The lowest BCUT2D eigenvalue weighted by Crippen LogP contribution is -2.32. The van der Waals surface area contributed by atoms with Crippen LogP contribution in [0.25, 0.3) is 0 Å². The van der Waals surface area contributed by atoms with Gasteiger partial charge in [-0.15, -0.1) is 0 Å². The number of carbonyl (C=O) groups excluding carboxylic acids is 3.